The Morgan fingerprint density at radius 2 is 0.857 bits per heavy atom. The molecule has 2 N–H and O–H groups in total. The van der Waals surface area contributed by atoms with Crippen molar-refractivity contribution in [3.05, 3.63) is 0 Å². The minimum Gasteiger partial charge on any atom is -0.394 e. The van der Waals surface area contributed by atoms with Gasteiger partial charge < -0.3 is 14.9 Å². The van der Waals surface area contributed by atoms with Crippen molar-refractivity contribution >= 4 is 0 Å². The first-order valence-corrected chi connectivity index (χ1v) is 12.6. The average Bonchev–Trinajstić information content (AvgIpc) is 2.71. The van der Waals surface area contributed by atoms with Crippen molar-refractivity contribution < 1.29 is 14.9 Å². The molecule has 0 aromatic heterocycles. The van der Waals surface area contributed by atoms with E-state index >= 15 is 0 Å². The van der Waals surface area contributed by atoms with E-state index in [1.54, 1.807) is 0 Å². The standard InChI is InChI=1S/C18H38O3.C7H16/c1-2-3-4-5-6-7-8-9-10-11-12-13-14-15-18(20)21-17-16-19;1-3-5-7-6-4-2/h18-20H,2-17H2,1H3;3-7H2,1-2H3. The first-order chi connectivity index (χ1) is 13.7. The first kappa shape index (κ1) is 30.1. The largest absolute Gasteiger partial charge is 0.394 e. The van der Waals surface area contributed by atoms with Crippen LogP contribution in [-0.2, 0) is 4.74 Å². The van der Waals surface area contributed by atoms with E-state index in [0.717, 1.165) is 6.42 Å². The molecule has 1 unspecified atom stereocenters. The van der Waals surface area contributed by atoms with Crippen LogP contribution in [0, 0.1) is 0 Å². The number of ether oxygens (including phenoxy) is 1. The molecular formula is C25H54O3. The maximum absolute atomic E-state index is 9.42. The third kappa shape index (κ3) is 30.6. The van der Waals surface area contributed by atoms with Gasteiger partial charge in [-0.05, 0) is 12.8 Å². The highest BCUT2D eigenvalue weighted by molar-refractivity contribution is 4.50. The molecule has 0 heterocycles. The lowest BCUT2D eigenvalue weighted by molar-refractivity contribution is -0.111. The summed E-state index contributed by atoms with van der Waals surface area (Å²) in [7, 11) is 0. The first-order valence-electron chi connectivity index (χ1n) is 12.6. The van der Waals surface area contributed by atoms with Crippen molar-refractivity contribution in [1.82, 2.24) is 0 Å². The van der Waals surface area contributed by atoms with Crippen LogP contribution in [0.1, 0.15) is 143 Å². The fraction of sp³-hybridized carbons (Fsp3) is 1.00. The Labute approximate surface area is 177 Å². The van der Waals surface area contributed by atoms with Crippen LogP contribution in [0.3, 0.4) is 0 Å². The van der Waals surface area contributed by atoms with Gasteiger partial charge in [0.15, 0.2) is 6.29 Å². The Morgan fingerprint density at radius 3 is 1.21 bits per heavy atom. The molecule has 0 radical (unpaired) electrons. The molecule has 0 bridgehead atoms. The Bertz CT molecular complexity index is 242. The normalized spacial score (nSPS) is 11.9. The molecule has 3 nitrogen and oxygen atoms in total. The highest BCUT2D eigenvalue weighted by Gasteiger charge is 2.02. The van der Waals surface area contributed by atoms with Crippen molar-refractivity contribution in [2.75, 3.05) is 13.2 Å². The van der Waals surface area contributed by atoms with Crippen LogP contribution in [-0.4, -0.2) is 29.7 Å². The van der Waals surface area contributed by atoms with Gasteiger partial charge in [0.05, 0.1) is 13.2 Å². The smallest absolute Gasteiger partial charge is 0.154 e. The summed E-state index contributed by atoms with van der Waals surface area (Å²) in [5.41, 5.74) is 0. The summed E-state index contributed by atoms with van der Waals surface area (Å²) >= 11 is 0. The number of aliphatic hydroxyl groups is 2. The summed E-state index contributed by atoms with van der Waals surface area (Å²) in [5.74, 6) is 0. The monoisotopic (exact) mass is 402 g/mol. The van der Waals surface area contributed by atoms with Crippen molar-refractivity contribution in [2.24, 2.45) is 0 Å². The minimum absolute atomic E-state index is 0.0182. The van der Waals surface area contributed by atoms with Gasteiger partial charge in [0, 0.05) is 0 Å². The zero-order valence-electron chi connectivity index (χ0n) is 19.7. The minimum atomic E-state index is -0.690. The van der Waals surface area contributed by atoms with Gasteiger partial charge in [0.2, 0.25) is 0 Å². The molecular weight excluding hydrogens is 348 g/mol. The third-order valence-electron chi connectivity index (χ3n) is 5.16. The molecule has 3 heteroatoms. The molecule has 0 saturated heterocycles. The summed E-state index contributed by atoms with van der Waals surface area (Å²) in [4.78, 5) is 0. The molecule has 0 amide bonds. The molecule has 0 rings (SSSR count). The summed E-state index contributed by atoms with van der Waals surface area (Å²) in [6.07, 6.45) is 24.4. The van der Waals surface area contributed by atoms with Crippen LogP contribution in [0.4, 0.5) is 0 Å². The number of aliphatic hydroxyl groups excluding tert-OH is 2. The van der Waals surface area contributed by atoms with E-state index in [2.05, 4.69) is 20.8 Å². The Hall–Kier alpha value is -0.120. The highest BCUT2D eigenvalue weighted by Crippen LogP contribution is 2.13. The molecule has 28 heavy (non-hydrogen) atoms. The fourth-order valence-corrected chi connectivity index (χ4v) is 3.29. The molecule has 172 valence electrons. The quantitative estimate of drug-likeness (QED) is 0.152. The zero-order chi connectivity index (χ0) is 21.1. The van der Waals surface area contributed by atoms with Crippen LogP contribution in [0.2, 0.25) is 0 Å². The Morgan fingerprint density at radius 1 is 0.536 bits per heavy atom. The molecule has 0 saturated carbocycles. The summed E-state index contributed by atoms with van der Waals surface area (Å²) in [6.45, 7) is 6.98. The molecule has 0 aromatic carbocycles. The molecule has 1 atom stereocenters. The lowest BCUT2D eigenvalue weighted by Crippen LogP contribution is -2.14. The zero-order valence-corrected chi connectivity index (χ0v) is 19.7. The van der Waals surface area contributed by atoms with E-state index < -0.39 is 6.29 Å². The number of rotatable bonds is 21. The van der Waals surface area contributed by atoms with E-state index in [1.165, 1.54) is 109 Å². The van der Waals surface area contributed by atoms with Gasteiger partial charge >= 0.3 is 0 Å². The van der Waals surface area contributed by atoms with Gasteiger partial charge in [-0.1, -0.05) is 130 Å². The van der Waals surface area contributed by atoms with E-state index in [0.29, 0.717) is 6.42 Å². The van der Waals surface area contributed by atoms with Gasteiger partial charge in [0.25, 0.3) is 0 Å². The maximum Gasteiger partial charge on any atom is 0.154 e. The van der Waals surface area contributed by atoms with Gasteiger partial charge in [-0.15, -0.1) is 0 Å². The molecule has 0 fully saturated rings. The lowest BCUT2D eigenvalue weighted by atomic mass is 10.0. The topological polar surface area (TPSA) is 49.7 Å². The predicted octanol–water partition coefficient (Wildman–Crippen LogP) is 7.77. The average molecular weight is 403 g/mol. The van der Waals surface area contributed by atoms with Gasteiger partial charge in [0.1, 0.15) is 0 Å². The number of unbranched alkanes of at least 4 members (excludes halogenated alkanes) is 16. The molecule has 0 aliphatic heterocycles. The molecule has 0 aromatic rings. The fourth-order valence-electron chi connectivity index (χ4n) is 3.29. The summed E-state index contributed by atoms with van der Waals surface area (Å²) < 4.78 is 5.00. The number of hydrogen-bond acceptors (Lipinski definition) is 3. The van der Waals surface area contributed by atoms with Crippen LogP contribution in [0.15, 0.2) is 0 Å². The second-order valence-electron chi connectivity index (χ2n) is 8.14. The predicted molar refractivity (Wildman–Crippen MR) is 124 cm³/mol. The van der Waals surface area contributed by atoms with Gasteiger partial charge in [-0.2, -0.15) is 0 Å². The van der Waals surface area contributed by atoms with Crippen molar-refractivity contribution in [2.45, 2.75) is 149 Å². The van der Waals surface area contributed by atoms with E-state index in [-0.39, 0.29) is 13.2 Å². The van der Waals surface area contributed by atoms with Crippen molar-refractivity contribution in [1.29, 1.82) is 0 Å². The van der Waals surface area contributed by atoms with Crippen LogP contribution >= 0.6 is 0 Å². The van der Waals surface area contributed by atoms with E-state index in [4.69, 9.17) is 9.84 Å². The van der Waals surface area contributed by atoms with Crippen LogP contribution in [0.25, 0.3) is 0 Å². The van der Waals surface area contributed by atoms with Crippen LogP contribution < -0.4 is 0 Å². The highest BCUT2D eigenvalue weighted by atomic mass is 16.6. The summed E-state index contributed by atoms with van der Waals surface area (Å²) in [6, 6.07) is 0. The molecule has 0 aliphatic carbocycles. The Balaban J connectivity index is 0. The van der Waals surface area contributed by atoms with Gasteiger partial charge in [-0.25, -0.2) is 0 Å². The van der Waals surface area contributed by atoms with Crippen molar-refractivity contribution in [3.63, 3.8) is 0 Å². The van der Waals surface area contributed by atoms with E-state index in [1.807, 2.05) is 0 Å². The second kappa shape index (κ2) is 29.1. The maximum atomic E-state index is 9.42. The lowest BCUT2D eigenvalue weighted by Gasteiger charge is -2.10. The van der Waals surface area contributed by atoms with Gasteiger partial charge in [-0.3, -0.25) is 0 Å². The van der Waals surface area contributed by atoms with Crippen molar-refractivity contribution in [3.8, 4) is 0 Å². The summed E-state index contributed by atoms with van der Waals surface area (Å²) in [5, 5.41) is 18.0. The SMILES string of the molecule is CCCCCCC.CCCCCCCCCCCCCCCC(O)OCCO. The second-order valence-corrected chi connectivity index (χ2v) is 8.14. The van der Waals surface area contributed by atoms with Crippen LogP contribution in [0.5, 0.6) is 0 Å². The molecule has 0 aliphatic rings. The van der Waals surface area contributed by atoms with E-state index in [9.17, 15) is 5.11 Å². The third-order valence-corrected chi connectivity index (χ3v) is 5.16. The number of hydrogen-bond donors (Lipinski definition) is 2. The molecule has 0 spiro atoms. The Kier molecular flexibility index (Phi) is 31.2.